The zero-order valence-corrected chi connectivity index (χ0v) is 19.4. The maximum atomic E-state index is 13.2. The van der Waals surface area contributed by atoms with Crippen LogP contribution in [0, 0.1) is 0 Å². The number of piperidine rings is 1. The van der Waals surface area contributed by atoms with Crippen LogP contribution < -0.4 is 14.8 Å². The molecule has 0 aliphatic carbocycles. The molecular formula is C24H30N2O5S. The number of carbonyl (C=O) groups excluding carboxylic acids is 1. The number of allylic oxidation sites excluding steroid dienone is 1. The normalized spacial score (nSPS) is 14.6. The molecule has 1 aliphatic heterocycles. The topological polar surface area (TPSA) is 84.9 Å². The molecule has 1 N–H and O–H groups in total. The lowest BCUT2D eigenvalue weighted by Gasteiger charge is -2.26. The van der Waals surface area contributed by atoms with E-state index in [1.807, 2.05) is 0 Å². The molecule has 1 aliphatic rings. The number of benzene rings is 2. The van der Waals surface area contributed by atoms with Gasteiger partial charge in [0.25, 0.3) is 5.91 Å². The molecule has 0 radical (unpaired) electrons. The second-order valence-electron chi connectivity index (χ2n) is 7.62. The van der Waals surface area contributed by atoms with Crippen molar-refractivity contribution in [3.05, 3.63) is 65.7 Å². The fourth-order valence-corrected chi connectivity index (χ4v) is 5.64. The first kappa shape index (κ1) is 23.8. The van der Waals surface area contributed by atoms with Crippen molar-refractivity contribution in [2.45, 2.75) is 37.1 Å². The van der Waals surface area contributed by atoms with Gasteiger partial charge in [0.15, 0.2) is 11.5 Å². The zero-order valence-electron chi connectivity index (χ0n) is 18.6. The third kappa shape index (κ3) is 5.14. The number of carbonyl (C=O) groups is 1. The van der Waals surface area contributed by atoms with Gasteiger partial charge in [-0.1, -0.05) is 30.7 Å². The Bertz CT molecular complexity index is 1080. The largest absolute Gasteiger partial charge is 0.493 e. The van der Waals surface area contributed by atoms with Crippen LogP contribution in [0.2, 0.25) is 0 Å². The summed E-state index contributed by atoms with van der Waals surface area (Å²) in [6.45, 7) is 4.90. The van der Waals surface area contributed by atoms with E-state index in [4.69, 9.17) is 9.47 Å². The van der Waals surface area contributed by atoms with Gasteiger partial charge >= 0.3 is 0 Å². The van der Waals surface area contributed by atoms with Crippen molar-refractivity contribution in [3.8, 4) is 11.5 Å². The molecule has 0 atom stereocenters. The van der Waals surface area contributed by atoms with E-state index in [1.165, 1.54) is 11.4 Å². The van der Waals surface area contributed by atoms with Gasteiger partial charge in [-0.05, 0) is 43.0 Å². The van der Waals surface area contributed by atoms with E-state index in [2.05, 4.69) is 11.9 Å². The van der Waals surface area contributed by atoms with Crippen LogP contribution in [0.5, 0.6) is 11.5 Å². The summed E-state index contributed by atoms with van der Waals surface area (Å²) in [5.41, 5.74) is 1.73. The van der Waals surface area contributed by atoms with Crippen molar-refractivity contribution >= 4 is 15.9 Å². The van der Waals surface area contributed by atoms with Gasteiger partial charge in [-0.15, -0.1) is 6.58 Å². The van der Waals surface area contributed by atoms with E-state index < -0.39 is 10.0 Å². The van der Waals surface area contributed by atoms with Crippen LogP contribution in [0.3, 0.4) is 0 Å². The van der Waals surface area contributed by atoms with E-state index in [0.717, 1.165) is 24.8 Å². The highest BCUT2D eigenvalue weighted by Gasteiger charge is 2.28. The molecule has 32 heavy (non-hydrogen) atoms. The smallest absolute Gasteiger partial charge is 0.251 e. The highest BCUT2D eigenvalue weighted by Crippen LogP contribution is 2.33. The van der Waals surface area contributed by atoms with Crippen LogP contribution >= 0.6 is 0 Å². The number of hydrogen-bond donors (Lipinski definition) is 1. The van der Waals surface area contributed by atoms with Gasteiger partial charge < -0.3 is 14.8 Å². The second kappa shape index (κ2) is 10.7. The molecule has 1 amide bonds. The summed E-state index contributed by atoms with van der Waals surface area (Å²) in [7, 11) is -0.546. The van der Waals surface area contributed by atoms with Crippen molar-refractivity contribution in [2.75, 3.05) is 27.3 Å². The van der Waals surface area contributed by atoms with E-state index in [9.17, 15) is 13.2 Å². The summed E-state index contributed by atoms with van der Waals surface area (Å²) in [5.74, 6) is 0.674. The van der Waals surface area contributed by atoms with Gasteiger partial charge in [0, 0.05) is 30.8 Å². The number of rotatable bonds is 9. The van der Waals surface area contributed by atoms with Crippen molar-refractivity contribution in [3.63, 3.8) is 0 Å². The number of amides is 1. The maximum Gasteiger partial charge on any atom is 0.251 e. The quantitative estimate of drug-likeness (QED) is 0.581. The Labute approximate surface area is 190 Å². The third-order valence-electron chi connectivity index (χ3n) is 5.53. The molecule has 1 fully saturated rings. The molecule has 0 aromatic heterocycles. The summed E-state index contributed by atoms with van der Waals surface area (Å²) in [4.78, 5) is 13.1. The second-order valence-corrected chi connectivity index (χ2v) is 9.53. The van der Waals surface area contributed by atoms with E-state index in [0.29, 0.717) is 42.1 Å². The average molecular weight is 459 g/mol. The molecule has 1 heterocycles. The standard InChI is InChI=1S/C24H30N2O5S/c1-4-10-18-15-20(16-21(30-2)23(18)31-3)24(27)25-17-19-11-6-7-12-22(19)32(28,29)26-13-8-5-9-14-26/h4,6-7,11-12,15-16H,1,5,8-10,13-14,17H2,2-3H3,(H,25,27). The Morgan fingerprint density at radius 1 is 1.09 bits per heavy atom. The van der Waals surface area contributed by atoms with Crippen molar-refractivity contribution in [1.29, 1.82) is 0 Å². The Morgan fingerprint density at radius 3 is 2.47 bits per heavy atom. The summed E-state index contributed by atoms with van der Waals surface area (Å²) in [5, 5.41) is 2.84. The van der Waals surface area contributed by atoms with E-state index >= 15 is 0 Å². The first-order valence-electron chi connectivity index (χ1n) is 10.6. The van der Waals surface area contributed by atoms with Gasteiger partial charge in [-0.3, -0.25) is 4.79 Å². The molecular weight excluding hydrogens is 428 g/mol. The van der Waals surface area contributed by atoms with Crippen LogP contribution in [-0.2, 0) is 23.0 Å². The zero-order chi connectivity index (χ0) is 23.1. The first-order valence-corrected chi connectivity index (χ1v) is 12.1. The predicted octanol–water partition coefficient (Wildman–Crippen LogP) is 3.54. The van der Waals surface area contributed by atoms with Crippen molar-refractivity contribution in [1.82, 2.24) is 9.62 Å². The van der Waals surface area contributed by atoms with Crippen LogP contribution in [0.1, 0.15) is 40.7 Å². The SMILES string of the molecule is C=CCc1cc(C(=O)NCc2ccccc2S(=O)(=O)N2CCCCC2)cc(OC)c1OC. The number of sulfonamides is 1. The van der Waals surface area contributed by atoms with Gasteiger partial charge in [0.2, 0.25) is 10.0 Å². The van der Waals surface area contributed by atoms with E-state index in [1.54, 1.807) is 49.6 Å². The van der Waals surface area contributed by atoms with Gasteiger partial charge in [0.05, 0.1) is 19.1 Å². The van der Waals surface area contributed by atoms with Gasteiger partial charge in [-0.25, -0.2) is 8.42 Å². The lowest BCUT2D eigenvalue weighted by molar-refractivity contribution is 0.0950. The lowest BCUT2D eigenvalue weighted by atomic mass is 10.0. The summed E-state index contributed by atoms with van der Waals surface area (Å²) in [6.07, 6.45) is 5.01. The highest BCUT2D eigenvalue weighted by atomic mass is 32.2. The molecule has 0 bridgehead atoms. The molecule has 3 rings (SSSR count). The molecule has 0 saturated carbocycles. The fraction of sp³-hybridized carbons (Fsp3) is 0.375. The monoisotopic (exact) mass is 458 g/mol. The number of ether oxygens (including phenoxy) is 2. The number of nitrogens with zero attached hydrogens (tertiary/aromatic N) is 1. The Balaban J connectivity index is 1.83. The van der Waals surface area contributed by atoms with Crippen LogP contribution in [0.15, 0.2) is 53.9 Å². The predicted molar refractivity (Wildman–Crippen MR) is 124 cm³/mol. The van der Waals surface area contributed by atoms with E-state index in [-0.39, 0.29) is 17.3 Å². The molecule has 2 aromatic rings. The minimum Gasteiger partial charge on any atom is -0.493 e. The molecule has 2 aromatic carbocycles. The number of methoxy groups -OCH3 is 2. The Morgan fingerprint density at radius 2 is 1.81 bits per heavy atom. The first-order chi connectivity index (χ1) is 15.4. The van der Waals surface area contributed by atoms with Crippen LogP contribution in [-0.4, -0.2) is 45.9 Å². The van der Waals surface area contributed by atoms with Crippen LogP contribution in [0.25, 0.3) is 0 Å². The number of nitrogens with one attached hydrogen (secondary N) is 1. The Hall–Kier alpha value is -2.84. The van der Waals surface area contributed by atoms with Gasteiger partial charge in [0.1, 0.15) is 0 Å². The maximum absolute atomic E-state index is 13.2. The minimum atomic E-state index is -3.60. The number of hydrogen-bond acceptors (Lipinski definition) is 5. The summed E-state index contributed by atoms with van der Waals surface area (Å²) < 4.78 is 38.7. The van der Waals surface area contributed by atoms with Crippen LogP contribution in [0.4, 0.5) is 0 Å². The lowest BCUT2D eigenvalue weighted by Crippen LogP contribution is -2.36. The van der Waals surface area contributed by atoms with Crippen molar-refractivity contribution in [2.24, 2.45) is 0 Å². The fourth-order valence-electron chi connectivity index (χ4n) is 3.90. The molecule has 0 spiro atoms. The average Bonchev–Trinajstić information content (AvgIpc) is 2.82. The molecule has 172 valence electrons. The van der Waals surface area contributed by atoms with Crippen molar-refractivity contribution < 1.29 is 22.7 Å². The summed E-state index contributed by atoms with van der Waals surface area (Å²) in [6, 6.07) is 10.2. The molecule has 7 nitrogen and oxygen atoms in total. The van der Waals surface area contributed by atoms with Gasteiger partial charge in [-0.2, -0.15) is 4.31 Å². The summed E-state index contributed by atoms with van der Waals surface area (Å²) >= 11 is 0. The molecule has 8 heteroatoms. The molecule has 1 saturated heterocycles. The molecule has 0 unspecified atom stereocenters. The third-order valence-corrected chi connectivity index (χ3v) is 7.53. The minimum absolute atomic E-state index is 0.0905. The highest BCUT2D eigenvalue weighted by molar-refractivity contribution is 7.89. The Kier molecular flexibility index (Phi) is 7.93.